The van der Waals surface area contributed by atoms with Crippen LogP contribution in [0.25, 0.3) is 0 Å². The quantitative estimate of drug-likeness (QED) is 0.626. The third-order valence-corrected chi connectivity index (χ3v) is 3.05. The second-order valence-electron chi connectivity index (χ2n) is 4.33. The zero-order valence-electron chi connectivity index (χ0n) is 10.8. The van der Waals surface area contributed by atoms with E-state index in [9.17, 15) is 9.36 Å². The van der Waals surface area contributed by atoms with Gasteiger partial charge in [-0.1, -0.05) is 12.1 Å². The molecule has 0 aromatic heterocycles. The molecule has 0 amide bonds. The molecule has 6 nitrogen and oxygen atoms in total. The summed E-state index contributed by atoms with van der Waals surface area (Å²) in [6.45, 7) is 5.69. The molecule has 0 bridgehead atoms. The van der Waals surface area contributed by atoms with Crippen LogP contribution in [0.15, 0.2) is 24.3 Å². The number of carbonyl (C=O) groups is 1. The Balaban J connectivity index is 2.57. The van der Waals surface area contributed by atoms with Crippen LogP contribution in [-0.2, 0) is 15.8 Å². The molecule has 0 saturated carbocycles. The van der Waals surface area contributed by atoms with Gasteiger partial charge in [0.05, 0.1) is 0 Å². The van der Waals surface area contributed by atoms with E-state index in [1.165, 1.54) is 12.1 Å². The maximum atomic E-state index is 11.6. The van der Waals surface area contributed by atoms with Crippen LogP contribution < -0.4 is 4.52 Å². The number of phosphoric ester groups is 1. The van der Waals surface area contributed by atoms with E-state index < -0.39 is 13.7 Å². The van der Waals surface area contributed by atoms with Crippen LogP contribution in [0.1, 0.15) is 18.4 Å². The highest BCUT2D eigenvalue weighted by Gasteiger charge is 2.16. The molecule has 0 aliphatic heterocycles. The fourth-order valence-corrected chi connectivity index (χ4v) is 2.03. The lowest BCUT2D eigenvalue weighted by atomic mass is 9.95. The lowest BCUT2D eigenvalue weighted by molar-refractivity contribution is -0.121. The average Bonchev–Trinajstić information content (AvgIpc) is 2.36. The van der Waals surface area contributed by atoms with Crippen LogP contribution in [0.5, 0.6) is 5.75 Å². The highest BCUT2D eigenvalue weighted by Crippen LogP contribution is 2.37. The van der Waals surface area contributed by atoms with Gasteiger partial charge in [-0.15, -0.1) is 0 Å². The van der Waals surface area contributed by atoms with Gasteiger partial charge < -0.3 is 9.63 Å². The van der Waals surface area contributed by atoms with E-state index in [0.717, 1.165) is 5.56 Å². The maximum Gasteiger partial charge on any atom is 0.524 e. The van der Waals surface area contributed by atoms with E-state index in [2.05, 4.69) is 4.52 Å². The van der Waals surface area contributed by atoms with Crippen molar-refractivity contribution in [2.75, 3.05) is 6.61 Å². The smallest absolute Gasteiger partial charge is 0.404 e. The molecule has 0 saturated heterocycles. The van der Waals surface area contributed by atoms with Crippen molar-refractivity contribution < 1.29 is 28.8 Å². The van der Waals surface area contributed by atoms with Gasteiger partial charge in [-0.2, -0.15) is 0 Å². The van der Waals surface area contributed by atoms with Crippen molar-refractivity contribution in [3.05, 3.63) is 36.8 Å². The van der Waals surface area contributed by atoms with Gasteiger partial charge in [-0.25, -0.2) is 4.57 Å². The van der Waals surface area contributed by atoms with Crippen molar-refractivity contribution in [1.82, 2.24) is 0 Å². The molecular formula is C13H17O6P. The van der Waals surface area contributed by atoms with Crippen LogP contribution in [0.4, 0.5) is 0 Å². The Morgan fingerprint density at radius 1 is 1.30 bits per heavy atom. The Labute approximate surface area is 117 Å². The molecule has 110 valence electrons. The topological polar surface area (TPSA) is 104 Å². The largest absolute Gasteiger partial charge is 0.524 e. The minimum atomic E-state index is -4.56. The zero-order valence-corrected chi connectivity index (χ0v) is 11.7. The highest BCUT2D eigenvalue weighted by atomic mass is 31.2. The summed E-state index contributed by atoms with van der Waals surface area (Å²) in [5, 5.41) is 8.64. The minimum absolute atomic E-state index is 0.0438. The van der Waals surface area contributed by atoms with Crippen molar-refractivity contribution in [2.45, 2.75) is 19.3 Å². The van der Waals surface area contributed by atoms with E-state index in [0.29, 0.717) is 12.8 Å². The van der Waals surface area contributed by atoms with Crippen molar-refractivity contribution in [3.63, 3.8) is 0 Å². The van der Waals surface area contributed by atoms with E-state index in [4.69, 9.17) is 21.8 Å². The molecule has 0 spiro atoms. The zero-order chi connectivity index (χ0) is 15.2. The summed E-state index contributed by atoms with van der Waals surface area (Å²) in [5.41, 5.74) is 0.757. The van der Waals surface area contributed by atoms with Crippen LogP contribution in [0.3, 0.4) is 0 Å². The third-order valence-electron chi connectivity index (χ3n) is 2.60. The van der Waals surface area contributed by atoms with Gasteiger partial charge in [0.1, 0.15) is 11.5 Å². The first-order valence-corrected chi connectivity index (χ1v) is 7.58. The molecule has 0 fully saturated rings. The van der Waals surface area contributed by atoms with E-state index in [1.54, 1.807) is 12.1 Å². The number of Topliss-reactive ketones (excluding diaryl/α,β-unsaturated/α-hetero) is 1. The molecule has 1 rings (SSSR count). The summed E-state index contributed by atoms with van der Waals surface area (Å²) in [7, 11) is -4.56. The Morgan fingerprint density at radius 3 is 2.40 bits per heavy atom. The molecule has 1 aromatic rings. The molecule has 2 radical (unpaired) electrons. The number of ketones is 1. The van der Waals surface area contributed by atoms with E-state index >= 15 is 0 Å². The molecule has 3 N–H and O–H groups in total. The summed E-state index contributed by atoms with van der Waals surface area (Å²) in [6.07, 6.45) is 0.944. The lowest BCUT2D eigenvalue weighted by Gasteiger charge is -2.11. The summed E-state index contributed by atoms with van der Waals surface area (Å²) in [4.78, 5) is 28.9. The van der Waals surface area contributed by atoms with Crippen LogP contribution in [0.2, 0.25) is 0 Å². The number of hydrogen-bond acceptors (Lipinski definition) is 4. The predicted molar refractivity (Wildman–Crippen MR) is 71.9 cm³/mol. The Morgan fingerprint density at radius 2 is 1.90 bits per heavy atom. The first-order chi connectivity index (χ1) is 9.31. The molecule has 0 aliphatic rings. The second kappa shape index (κ2) is 7.55. The van der Waals surface area contributed by atoms with Crippen molar-refractivity contribution in [2.24, 2.45) is 5.92 Å². The number of aliphatic hydroxyl groups is 1. The SMILES string of the molecule is [CH]C(Cc1ccc(OP(=O)(O)O)cc1)C(=O)CCCO. The first kappa shape index (κ1) is 16.9. The molecule has 0 heterocycles. The van der Waals surface area contributed by atoms with Gasteiger partial charge in [0.15, 0.2) is 0 Å². The summed E-state index contributed by atoms with van der Waals surface area (Å²) in [5.74, 6) is -0.744. The van der Waals surface area contributed by atoms with Gasteiger partial charge in [-0.05, 0) is 37.5 Å². The number of benzene rings is 1. The minimum Gasteiger partial charge on any atom is -0.404 e. The number of phosphoric acid groups is 1. The molecule has 1 aromatic carbocycles. The summed E-state index contributed by atoms with van der Waals surface area (Å²) >= 11 is 0. The number of rotatable bonds is 8. The van der Waals surface area contributed by atoms with Crippen molar-refractivity contribution >= 4 is 13.6 Å². The number of hydrogen-bond donors (Lipinski definition) is 3. The molecular weight excluding hydrogens is 283 g/mol. The maximum absolute atomic E-state index is 11.6. The van der Waals surface area contributed by atoms with Crippen LogP contribution in [0, 0.1) is 12.8 Å². The molecule has 0 aliphatic carbocycles. The standard InChI is InChI=1S/C13H17O6P/c1-10(13(15)3-2-8-14)9-11-4-6-12(7-5-11)19-20(16,17)18/h1,4-7,10,14H,2-3,8-9H2,(H2,16,17,18). The molecule has 20 heavy (non-hydrogen) atoms. The van der Waals surface area contributed by atoms with Crippen molar-refractivity contribution in [3.8, 4) is 5.75 Å². The van der Waals surface area contributed by atoms with E-state index in [-0.39, 0.29) is 24.6 Å². The van der Waals surface area contributed by atoms with Gasteiger partial charge in [0, 0.05) is 18.9 Å². The van der Waals surface area contributed by atoms with Gasteiger partial charge in [0.25, 0.3) is 0 Å². The Hall–Kier alpha value is -1.20. The number of carbonyl (C=O) groups excluding carboxylic acids is 1. The first-order valence-electron chi connectivity index (χ1n) is 6.05. The molecule has 1 unspecified atom stereocenters. The average molecular weight is 300 g/mol. The molecule has 1 atom stereocenters. The normalized spacial score (nSPS) is 13.0. The second-order valence-corrected chi connectivity index (χ2v) is 5.49. The van der Waals surface area contributed by atoms with Crippen LogP contribution >= 0.6 is 7.82 Å². The Bertz CT molecular complexity index is 478. The summed E-state index contributed by atoms with van der Waals surface area (Å²) < 4.78 is 15.0. The fraction of sp³-hybridized carbons (Fsp3) is 0.385. The highest BCUT2D eigenvalue weighted by molar-refractivity contribution is 7.46. The van der Waals surface area contributed by atoms with Gasteiger partial charge >= 0.3 is 7.82 Å². The lowest BCUT2D eigenvalue weighted by Crippen LogP contribution is -2.14. The summed E-state index contributed by atoms with van der Waals surface area (Å²) in [6, 6.07) is 5.98. The monoisotopic (exact) mass is 300 g/mol. The Kier molecular flexibility index (Phi) is 6.36. The molecule has 7 heteroatoms. The van der Waals surface area contributed by atoms with E-state index in [1.807, 2.05) is 0 Å². The van der Waals surface area contributed by atoms with Gasteiger partial charge in [0.2, 0.25) is 0 Å². The predicted octanol–water partition coefficient (Wildman–Crippen LogP) is 1.37. The third kappa shape index (κ3) is 6.30. The van der Waals surface area contributed by atoms with Crippen molar-refractivity contribution in [1.29, 1.82) is 0 Å². The van der Waals surface area contributed by atoms with Crippen LogP contribution in [-0.4, -0.2) is 27.3 Å². The van der Waals surface area contributed by atoms with Gasteiger partial charge in [-0.3, -0.25) is 14.6 Å². The number of aliphatic hydroxyl groups excluding tert-OH is 1. The fourth-order valence-electron chi connectivity index (χ4n) is 1.63.